The first-order valence-electron chi connectivity index (χ1n) is 5.96. The molecule has 1 aromatic heterocycles. The fourth-order valence-corrected chi connectivity index (χ4v) is 1.71. The Hall–Kier alpha value is -2.05. The molecule has 1 aromatic carbocycles. The van der Waals surface area contributed by atoms with Gasteiger partial charge in [0.25, 0.3) is 0 Å². The van der Waals surface area contributed by atoms with Crippen LogP contribution in [0.1, 0.15) is 23.2 Å². The second-order valence-electron chi connectivity index (χ2n) is 4.11. The molecule has 3 nitrogen and oxygen atoms in total. The number of hydrogen-bond donors (Lipinski definition) is 1. The van der Waals surface area contributed by atoms with Gasteiger partial charge >= 0.3 is 0 Å². The van der Waals surface area contributed by atoms with Crippen LogP contribution in [-0.4, -0.2) is 21.5 Å². The summed E-state index contributed by atoms with van der Waals surface area (Å²) < 4.78 is 1.96. The standard InChI is InChI=1S/C15H16N2O/c1-13-8-9-16-17(13)12-15-7-4-6-14(11-15)5-2-3-10-18/h4,6-9,11,18H,3,10,12H2,1H3. The van der Waals surface area contributed by atoms with E-state index in [9.17, 15) is 0 Å². The molecule has 92 valence electrons. The first-order valence-corrected chi connectivity index (χ1v) is 5.96. The molecule has 1 N–H and O–H groups in total. The number of aliphatic hydroxyl groups excluding tert-OH is 1. The Morgan fingerprint density at radius 1 is 1.33 bits per heavy atom. The zero-order valence-electron chi connectivity index (χ0n) is 10.4. The number of hydrogen-bond acceptors (Lipinski definition) is 2. The number of rotatable bonds is 3. The summed E-state index contributed by atoms with van der Waals surface area (Å²) in [5, 5.41) is 13.0. The van der Waals surface area contributed by atoms with Crippen molar-refractivity contribution < 1.29 is 5.11 Å². The Morgan fingerprint density at radius 3 is 2.94 bits per heavy atom. The maximum atomic E-state index is 8.69. The van der Waals surface area contributed by atoms with E-state index >= 15 is 0 Å². The third-order valence-electron chi connectivity index (χ3n) is 2.66. The molecule has 0 unspecified atom stereocenters. The lowest BCUT2D eigenvalue weighted by Gasteiger charge is -2.04. The average Bonchev–Trinajstić information content (AvgIpc) is 2.76. The molecule has 0 saturated heterocycles. The minimum atomic E-state index is 0.110. The zero-order valence-corrected chi connectivity index (χ0v) is 10.4. The van der Waals surface area contributed by atoms with E-state index in [0.717, 1.165) is 17.8 Å². The van der Waals surface area contributed by atoms with Crippen LogP contribution in [0, 0.1) is 18.8 Å². The van der Waals surface area contributed by atoms with E-state index in [4.69, 9.17) is 5.11 Å². The highest BCUT2D eigenvalue weighted by molar-refractivity contribution is 5.37. The van der Waals surface area contributed by atoms with Gasteiger partial charge in [0.1, 0.15) is 0 Å². The average molecular weight is 240 g/mol. The van der Waals surface area contributed by atoms with Crippen LogP contribution < -0.4 is 0 Å². The molecule has 0 radical (unpaired) electrons. The molecular weight excluding hydrogens is 224 g/mol. The van der Waals surface area contributed by atoms with Crippen molar-refractivity contribution in [3.63, 3.8) is 0 Å². The molecule has 0 fully saturated rings. The summed E-state index contributed by atoms with van der Waals surface area (Å²) in [6, 6.07) is 10.1. The maximum Gasteiger partial charge on any atom is 0.0662 e. The van der Waals surface area contributed by atoms with Gasteiger partial charge in [0.2, 0.25) is 0 Å². The van der Waals surface area contributed by atoms with Crippen molar-refractivity contribution in [2.45, 2.75) is 19.9 Å². The molecule has 18 heavy (non-hydrogen) atoms. The molecule has 1 heterocycles. The minimum Gasteiger partial charge on any atom is -0.395 e. The van der Waals surface area contributed by atoms with Crippen molar-refractivity contribution in [1.29, 1.82) is 0 Å². The predicted octanol–water partition coefficient (Wildman–Crippen LogP) is 1.97. The van der Waals surface area contributed by atoms with Gasteiger partial charge in [-0.25, -0.2) is 0 Å². The normalized spacial score (nSPS) is 9.89. The number of nitrogens with zero attached hydrogens (tertiary/aromatic N) is 2. The summed E-state index contributed by atoms with van der Waals surface area (Å²) in [6.07, 6.45) is 2.32. The van der Waals surface area contributed by atoms with Crippen molar-refractivity contribution in [1.82, 2.24) is 9.78 Å². The lowest BCUT2D eigenvalue weighted by atomic mass is 10.1. The highest BCUT2D eigenvalue weighted by atomic mass is 16.2. The van der Waals surface area contributed by atoms with Gasteiger partial charge in [-0.2, -0.15) is 5.10 Å². The predicted molar refractivity (Wildman–Crippen MR) is 71.1 cm³/mol. The van der Waals surface area contributed by atoms with Crippen LogP contribution in [0.2, 0.25) is 0 Å². The third kappa shape index (κ3) is 3.22. The summed E-state index contributed by atoms with van der Waals surface area (Å²) >= 11 is 0. The van der Waals surface area contributed by atoms with E-state index < -0.39 is 0 Å². The molecular formula is C15H16N2O. The molecule has 3 heteroatoms. The first kappa shape index (κ1) is 12.4. The van der Waals surface area contributed by atoms with Gasteiger partial charge in [-0.15, -0.1) is 0 Å². The second kappa shape index (κ2) is 6.04. The van der Waals surface area contributed by atoms with Gasteiger partial charge in [-0.1, -0.05) is 24.0 Å². The Kier molecular flexibility index (Phi) is 4.16. The highest BCUT2D eigenvalue weighted by Gasteiger charge is 1.99. The fraction of sp³-hybridized carbons (Fsp3) is 0.267. The Bertz CT molecular complexity index is 575. The summed E-state index contributed by atoms with van der Waals surface area (Å²) in [6.45, 7) is 2.91. The van der Waals surface area contributed by atoms with E-state index in [-0.39, 0.29) is 6.61 Å². The Labute approximate surface area is 107 Å². The van der Waals surface area contributed by atoms with E-state index in [1.807, 2.05) is 29.8 Å². The number of aliphatic hydroxyl groups is 1. The SMILES string of the molecule is Cc1ccnn1Cc1cccc(C#CCCO)c1. The van der Waals surface area contributed by atoms with E-state index in [0.29, 0.717) is 6.42 Å². The first-order chi connectivity index (χ1) is 8.79. The van der Waals surface area contributed by atoms with Crippen molar-refractivity contribution in [3.8, 4) is 11.8 Å². The Balaban J connectivity index is 2.13. The number of aromatic nitrogens is 2. The zero-order chi connectivity index (χ0) is 12.8. The summed E-state index contributed by atoms with van der Waals surface area (Å²) in [5.41, 5.74) is 3.30. The van der Waals surface area contributed by atoms with E-state index in [2.05, 4.69) is 29.1 Å². The molecule has 0 atom stereocenters. The van der Waals surface area contributed by atoms with Crippen LogP contribution in [0.4, 0.5) is 0 Å². The molecule has 0 saturated carbocycles. The van der Waals surface area contributed by atoms with Crippen molar-refractivity contribution in [3.05, 3.63) is 53.3 Å². The molecule has 0 aliphatic rings. The van der Waals surface area contributed by atoms with Crippen LogP contribution in [0.3, 0.4) is 0 Å². The van der Waals surface area contributed by atoms with Gasteiger partial charge in [-0.05, 0) is 30.7 Å². The highest BCUT2D eigenvalue weighted by Crippen LogP contribution is 2.07. The number of benzene rings is 1. The summed E-state index contributed by atoms with van der Waals surface area (Å²) in [7, 11) is 0. The smallest absolute Gasteiger partial charge is 0.0662 e. The molecule has 2 rings (SSSR count). The van der Waals surface area contributed by atoms with E-state index in [1.54, 1.807) is 6.20 Å². The van der Waals surface area contributed by atoms with Gasteiger partial charge in [0.15, 0.2) is 0 Å². The van der Waals surface area contributed by atoms with Gasteiger partial charge in [0, 0.05) is 23.9 Å². The van der Waals surface area contributed by atoms with Crippen molar-refractivity contribution in [2.24, 2.45) is 0 Å². The topological polar surface area (TPSA) is 38.0 Å². The third-order valence-corrected chi connectivity index (χ3v) is 2.66. The minimum absolute atomic E-state index is 0.110. The van der Waals surface area contributed by atoms with Crippen LogP contribution in [0.15, 0.2) is 36.5 Å². The van der Waals surface area contributed by atoms with Gasteiger partial charge in [0.05, 0.1) is 13.2 Å². The van der Waals surface area contributed by atoms with Gasteiger partial charge in [-0.3, -0.25) is 4.68 Å². The number of aryl methyl sites for hydroxylation is 1. The molecule has 2 aromatic rings. The largest absolute Gasteiger partial charge is 0.395 e. The van der Waals surface area contributed by atoms with Crippen LogP contribution >= 0.6 is 0 Å². The molecule has 0 bridgehead atoms. The Morgan fingerprint density at radius 2 is 2.22 bits per heavy atom. The van der Waals surface area contributed by atoms with Crippen molar-refractivity contribution in [2.75, 3.05) is 6.61 Å². The van der Waals surface area contributed by atoms with Gasteiger partial charge < -0.3 is 5.11 Å². The van der Waals surface area contributed by atoms with E-state index in [1.165, 1.54) is 5.56 Å². The molecule has 0 aliphatic carbocycles. The lowest BCUT2D eigenvalue weighted by molar-refractivity contribution is 0.305. The quantitative estimate of drug-likeness (QED) is 0.833. The van der Waals surface area contributed by atoms with Crippen molar-refractivity contribution >= 4 is 0 Å². The fourth-order valence-electron chi connectivity index (χ4n) is 1.71. The lowest BCUT2D eigenvalue weighted by Crippen LogP contribution is -2.03. The molecule has 0 amide bonds. The molecule has 0 aliphatic heterocycles. The van der Waals surface area contributed by atoms with Crippen LogP contribution in [-0.2, 0) is 6.54 Å². The van der Waals surface area contributed by atoms with Crippen LogP contribution in [0.5, 0.6) is 0 Å². The summed E-state index contributed by atoms with van der Waals surface area (Å²) in [5.74, 6) is 5.97. The summed E-state index contributed by atoms with van der Waals surface area (Å²) in [4.78, 5) is 0. The maximum absolute atomic E-state index is 8.69. The molecule has 0 spiro atoms. The van der Waals surface area contributed by atoms with Crippen LogP contribution in [0.25, 0.3) is 0 Å². The monoisotopic (exact) mass is 240 g/mol. The second-order valence-corrected chi connectivity index (χ2v) is 4.11.